The second-order valence-electron chi connectivity index (χ2n) is 11.3. The zero-order valence-electron chi connectivity index (χ0n) is 26.9. The van der Waals surface area contributed by atoms with E-state index < -0.39 is 28.2 Å². The number of unbranched alkanes of at least 4 members (excludes halogenated alkanes) is 1. The summed E-state index contributed by atoms with van der Waals surface area (Å²) in [6, 6.07) is 23.4. The van der Waals surface area contributed by atoms with Crippen LogP contribution in [0.1, 0.15) is 54.4 Å². The molecule has 13 nitrogen and oxygen atoms in total. The third-order valence-corrected chi connectivity index (χ3v) is 8.73. The number of hydrogen-bond acceptors (Lipinski definition) is 8. The van der Waals surface area contributed by atoms with Crippen LogP contribution in [0.4, 0.5) is 4.79 Å². The normalized spacial score (nSPS) is 12.4. The van der Waals surface area contributed by atoms with Crippen LogP contribution in [0, 0.1) is 5.41 Å². The molecule has 3 rings (SSSR count). The van der Waals surface area contributed by atoms with Gasteiger partial charge in [0.25, 0.3) is 0 Å². The molecule has 2 atom stereocenters. The second-order valence-corrected chi connectivity index (χ2v) is 13.0. The summed E-state index contributed by atoms with van der Waals surface area (Å²) < 4.78 is 34.3. The predicted molar refractivity (Wildman–Crippen MR) is 187 cm³/mol. The molecule has 10 N–H and O–H groups in total. The molecule has 0 unspecified atom stereocenters. The number of Topliss-reactive ketones (excluding diaryl/α,β-unsaturated/α-hetero) is 1. The van der Waals surface area contributed by atoms with Gasteiger partial charge in [0.05, 0.1) is 17.8 Å². The zero-order chi connectivity index (χ0) is 34.8. The summed E-state index contributed by atoms with van der Waals surface area (Å²) in [7, 11) is -3.89. The Labute approximate surface area is 282 Å². The van der Waals surface area contributed by atoms with Crippen LogP contribution in [-0.4, -0.2) is 57.3 Å². The minimum Gasteiger partial charge on any atom is -0.445 e. The molecule has 3 aromatic rings. The number of nitrogens with zero attached hydrogens (tertiary/aromatic N) is 1. The summed E-state index contributed by atoms with van der Waals surface area (Å²) in [5, 5.41) is 13.6. The lowest BCUT2D eigenvalue weighted by atomic mass is 9.97. The molecule has 0 bridgehead atoms. The number of alkyl carbamates (subject to hydrolysis) is 1. The van der Waals surface area contributed by atoms with Crippen molar-refractivity contribution in [3.05, 3.63) is 107 Å². The fourth-order valence-electron chi connectivity index (χ4n) is 4.88. The molecule has 0 saturated carbocycles. The van der Waals surface area contributed by atoms with Gasteiger partial charge in [0.1, 0.15) is 12.4 Å². The minimum absolute atomic E-state index is 0.0496. The molecule has 0 radical (unpaired) electrons. The molecule has 0 aromatic heterocycles. The summed E-state index contributed by atoms with van der Waals surface area (Å²) in [5.41, 5.74) is 19.4. The number of ketones is 1. The first-order valence-electron chi connectivity index (χ1n) is 15.8. The Morgan fingerprint density at radius 1 is 0.792 bits per heavy atom. The van der Waals surface area contributed by atoms with Crippen molar-refractivity contribution in [2.24, 2.45) is 22.2 Å². The summed E-state index contributed by atoms with van der Waals surface area (Å²) in [6.45, 7) is 1.05. The third kappa shape index (κ3) is 14.3. The van der Waals surface area contributed by atoms with Crippen molar-refractivity contribution in [2.45, 2.75) is 63.1 Å². The highest BCUT2D eigenvalue weighted by Crippen LogP contribution is 2.14. The molecule has 0 aliphatic heterocycles. The molecular weight excluding hydrogens is 632 g/mol. The molecule has 3 aromatic carbocycles. The number of nitrogen functional groups attached to an aromatic ring is 1. The number of benzene rings is 3. The van der Waals surface area contributed by atoms with Crippen LogP contribution in [0.2, 0.25) is 0 Å². The van der Waals surface area contributed by atoms with Crippen LogP contribution in [-0.2, 0) is 38.5 Å². The van der Waals surface area contributed by atoms with Crippen LogP contribution in [0.25, 0.3) is 0 Å². The van der Waals surface area contributed by atoms with Crippen LogP contribution in [0.5, 0.6) is 0 Å². The Morgan fingerprint density at radius 3 is 2.04 bits per heavy atom. The lowest BCUT2D eigenvalue weighted by Crippen LogP contribution is -2.50. The standard InChI is InChI=1S/C34H46N8O5S/c35-32(36)28-18-16-25(17-19-28)22-41-29(14-7-8-20-40-34(44)47-23-26-10-3-1-4-11-26)31(43)30(15-9-21-39-33(37)38)42-48(45,46)24-27-12-5-2-6-13-27/h1-6,10-13,16-19,29-30,41-42H,7-9,14-15,20-24H2,(H3,35,36)(H,40,44)(H4,37,38,39)/t29-,30+/m0/s1. The number of guanidine groups is 1. The van der Waals surface area contributed by atoms with Gasteiger partial charge in [0.15, 0.2) is 11.7 Å². The van der Waals surface area contributed by atoms with Crippen LogP contribution in [0.15, 0.2) is 89.9 Å². The zero-order valence-corrected chi connectivity index (χ0v) is 27.8. The van der Waals surface area contributed by atoms with Crippen LogP contribution in [0.3, 0.4) is 0 Å². The number of carbonyl (C=O) groups is 2. The highest BCUT2D eigenvalue weighted by atomic mass is 32.2. The first kappa shape index (κ1) is 37.7. The molecule has 258 valence electrons. The van der Waals surface area contributed by atoms with Crippen molar-refractivity contribution >= 4 is 33.7 Å². The molecule has 0 heterocycles. The van der Waals surface area contributed by atoms with Gasteiger partial charge in [-0.25, -0.2) is 17.9 Å². The maximum atomic E-state index is 14.0. The topological polar surface area (TPSA) is 228 Å². The number of rotatable bonds is 21. The van der Waals surface area contributed by atoms with Crippen LogP contribution < -0.4 is 32.6 Å². The molecule has 0 aliphatic rings. The summed E-state index contributed by atoms with van der Waals surface area (Å²) in [4.78, 5) is 30.2. The average molecular weight is 679 g/mol. The van der Waals surface area contributed by atoms with Gasteiger partial charge in [-0.05, 0) is 48.8 Å². The molecular formula is C34H46N8O5S. The molecule has 0 fully saturated rings. The first-order chi connectivity index (χ1) is 23.0. The number of carbonyl (C=O) groups excluding carboxylic acids is 2. The minimum atomic E-state index is -3.89. The van der Waals surface area contributed by atoms with E-state index in [0.717, 1.165) is 11.1 Å². The number of ether oxygens (including phenoxy) is 1. The average Bonchev–Trinajstić information content (AvgIpc) is 3.06. The fourth-order valence-corrected chi connectivity index (χ4v) is 6.27. The van der Waals surface area contributed by atoms with E-state index in [1.54, 1.807) is 42.5 Å². The van der Waals surface area contributed by atoms with E-state index in [1.165, 1.54) is 0 Å². The molecule has 14 heteroatoms. The Morgan fingerprint density at radius 2 is 1.42 bits per heavy atom. The molecule has 0 aliphatic carbocycles. The largest absolute Gasteiger partial charge is 0.445 e. The number of hydrogen-bond donors (Lipinski definition) is 7. The van der Waals surface area contributed by atoms with Crippen molar-refractivity contribution in [1.82, 2.24) is 15.4 Å². The van der Waals surface area contributed by atoms with Gasteiger partial charge in [-0.15, -0.1) is 0 Å². The van der Waals surface area contributed by atoms with Gasteiger partial charge in [0, 0.05) is 25.2 Å². The Bertz CT molecular complexity index is 1580. The van der Waals surface area contributed by atoms with Gasteiger partial charge in [0.2, 0.25) is 10.0 Å². The van der Waals surface area contributed by atoms with Crippen molar-refractivity contribution < 1.29 is 22.7 Å². The highest BCUT2D eigenvalue weighted by Gasteiger charge is 2.30. The molecule has 48 heavy (non-hydrogen) atoms. The van der Waals surface area contributed by atoms with Gasteiger partial charge in [-0.1, -0.05) is 84.9 Å². The van der Waals surface area contributed by atoms with E-state index in [0.29, 0.717) is 49.9 Å². The lowest BCUT2D eigenvalue weighted by Gasteiger charge is -2.25. The second kappa shape index (κ2) is 19.8. The maximum Gasteiger partial charge on any atom is 0.407 e. The van der Waals surface area contributed by atoms with Crippen molar-refractivity contribution in [3.63, 3.8) is 0 Å². The monoisotopic (exact) mass is 678 g/mol. The first-order valence-corrected chi connectivity index (χ1v) is 17.4. The highest BCUT2D eigenvalue weighted by molar-refractivity contribution is 7.88. The van der Waals surface area contributed by atoms with E-state index in [1.807, 2.05) is 42.5 Å². The van der Waals surface area contributed by atoms with E-state index in [2.05, 4.69) is 20.3 Å². The van der Waals surface area contributed by atoms with Crippen molar-refractivity contribution in [2.75, 3.05) is 13.1 Å². The number of amides is 1. The van der Waals surface area contributed by atoms with E-state index >= 15 is 0 Å². The van der Waals surface area contributed by atoms with Crippen molar-refractivity contribution in [1.29, 1.82) is 5.41 Å². The number of nitrogens with two attached hydrogens (primary N) is 3. The van der Waals surface area contributed by atoms with E-state index in [-0.39, 0.29) is 42.9 Å². The van der Waals surface area contributed by atoms with Gasteiger partial charge in [-0.3, -0.25) is 15.2 Å². The summed E-state index contributed by atoms with van der Waals surface area (Å²) in [5.74, 6) is -0.730. The molecule has 0 spiro atoms. The predicted octanol–water partition coefficient (Wildman–Crippen LogP) is 2.64. The van der Waals surface area contributed by atoms with Gasteiger partial charge < -0.3 is 32.6 Å². The van der Waals surface area contributed by atoms with Crippen molar-refractivity contribution in [3.8, 4) is 0 Å². The Kier molecular flexibility index (Phi) is 15.5. The molecule has 1 amide bonds. The molecule has 0 saturated heterocycles. The number of aliphatic imine (C=N–C) groups is 1. The van der Waals surface area contributed by atoms with E-state index in [4.69, 9.17) is 27.3 Å². The quantitative estimate of drug-likeness (QED) is 0.0498. The smallest absolute Gasteiger partial charge is 0.407 e. The SMILES string of the molecule is N=C(N)c1ccc(CN[C@@H](CCCCNC(=O)OCc2ccccc2)C(=O)[C@@H](CCCN=C(N)N)NS(=O)(=O)Cc2ccccc2)cc1. The summed E-state index contributed by atoms with van der Waals surface area (Å²) >= 11 is 0. The van der Waals surface area contributed by atoms with Crippen LogP contribution >= 0.6 is 0 Å². The number of sulfonamides is 1. The maximum absolute atomic E-state index is 14.0. The number of amidine groups is 1. The summed E-state index contributed by atoms with van der Waals surface area (Å²) in [6.07, 6.45) is 1.53. The Balaban J connectivity index is 1.67. The fraction of sp³-hybridized carbons (Fsp3) is 0.353. The van der Waals surface area contributed by atoms with Gasteiger partial charge in [-0.2, -0.15) is 0 Å². The lowest BCUT2D eigenvalue weighted by molar-refractivity contribution is -0.123. The third-order valence-electron chi connectivity index (χ3n) is 7.37. The number of nitrogens with one attached hydrogen (secondary N) is 4. The Hall–Kier alpha value is -4.79. The van der Waals surface area contributed by atoms with E-state index in [9.17, 15) is 18.0 Å². The van der Waals surface area contributed by atoms with Gasteiger partial charge >= 0.3 is 6.09 Å².